The molecule has 0 bridgehead atoms. The average Bonchev–Trinajstić information content (AvgIpc) is 3.11. The van der Waals surface area contributed by atoms with Crippen molar-refractivity contribution in [1.29, 1.82) is 0 Å². The van der Waals surface area contributed by atoms with Crippen LogP contribution >= 0.6 is 0 Å². The van der Waals surface area contributed by atoms with Gasteiger partial charge in [-0.25, -0.2) is 13.2 Å². The molecule has 0 aliphatic carbocycles. The summed E-state index contributed by atoms with van der Waals surface area (Å²) in [7, 11) is -3.58. The lowest BCUT2D eigenvalue weighted by Crippen LogP contribution is -2.39. The van der Waals surface area contributed by atoms with Crippen molar-refractivity contribution in [3.05, 3.63) is 47.7 Å². The third kappa shape index (κ3) is 3.45. The summed E-state index contributed by atoms with van der Waals surface area (Å²) in [5, 5.41) is 13.3. The Balaban J connectivity index is 1.82. The zero-order valence-electron chi connectivity index (χ0n) is 14.0. The molecule has 1 aromatic carbocycles. The number of aryl methyl sites for hydroxylation is 1. The lowest BCUT2D eigenvalue weighted by molar-refractivity contribution is 0.0697. The molecule has 0 amide bonds. The third-order valence-corrected chi connectivity index (χ3v) is 6.48. The van der Waals surface area contributed by atoms with Gasteiger partial charge in [0.15, 0.2) is 5.03 Å². The van der Waals surface area contributed by atoms with Crippen LogP contribution in [-0.2, 0) is 16.6 Å². The molecule has 7 nitrogen and oxygen atoms in total. The maximum Gasteiger partial charge on any atom is 0.335 e. The molecule has 1 atom stereocenters. The van der Waals surface area contributed by atoms with Crippen molar-refractivity contribution >= 4 is 16.0 Å². The van der Waals surface area contributed by atoms with Gasteiger partial charge in [0.25, 0.3) is 10.0 Å². The Kier molecular flexibility index (Phi) is 4.91. The van der Waals surface area contributed by atoms with E-state index in [0.717, 1.165) is 18.4 Å². The van der Waals surface area contributed by atoms with E-state index in [2.05, 4.69) is 5.10 Å². The zero-order valence-corrected chi connectivity index (χ0v) is 14.8. The van der Waals surface area contributed by atoms with Crippen LogP contribution in [0.5, 0.6) is 0 Å². The molecule has 1 aromatic heterocycles. The van der Waals surface area contributed by atoms with Crippen molar-refractivity contribution in [2.75, 3.05) is 13.1 Å². The van der Waals surface area contributed by atoms with Crippen LogP contribution < -0.4 is 0 Å². The van der Waals surface area contributed by atoms with Crippen LogP contribution in [0, 0.1) is 0 Å². The van der Waals surface area contributed by atoms with E-state index in [-0.39, 0.29) is 16.5 Å². The van der Waals surface area contributed by atoms with E-state index in [1.807, 2.05) is 6.92 Å². The number of benzene rings is 1. The van der Waals surface area contributed by atoms with E-state index < -0.39 is 16.0 Å². The second-order valence-corrected chi connectivity index (χ2v) is 8.00. The first-order chi connectivity index (χ1) is 11.9. The number of carboxylic acid groups (broad SMARTS) is 1. The molecule has 134 valence electrons. The molecule has 1 N–H and O–H groups in total. The summed E-state index contributed by atoms with van der Waals surface area (Å²) in [5.74, 6) is -0.906. The van der Waals surface area contributed by atoms with Gasteiger partial charge in [-0.1, -0.05) is 12.1 Å². The van der Waals surface area contributed by atoms with Gasteiger partial charge in [-0.15, -0.1) is 0 Å². The number of hydrogen-bond donors (Lipinski definition) is 1. The molecule has 0 spiro atoms. The van der Waals surface area contributed by atoms with Crippen LogP contribution in [0.15, 0.2) is 41.6 Å². The minimum Gasteiger partial charge on any atom is -0.478 e. The van der Waals surface area contributed by atoms with Gasteiger partial charge in [0, 0.05) is 19.6 Å². The first kappa shape index (κ1) is 17.6. The van der Waals surface area contributed by atoms with E-state index >= 15 is 0 Å². The topological polar surface area (TPSA) is 92.5 Å². The van der Waals surface area contributed by atoms with Gasteiger partial charge in [0.05, 0.1) is 11.8 Å². The van der Waals surface area contributed by atoms with Gasteiger partial charge in [-0.2, -0.15) is 9.40 Å². The Morgan fingerprint density at radius 2 is 2.00 bits per heavy atom. The molecule has 3 rings (SSSR count). The average molecular weight is 363 g/mol. The predicted octanol–water partition coefficient (Wildman–Crippen LogP) is 2.17. The van der Waals surface area contributed by atoms with Crippen molar-refractivity contribution in [2.45, 2.75) is 37.3 Å². The molecular weight excluding hydrogens is 342 g/mol. The van der Waals surface area contributed by atoms with Crippen LogP contribution in [0.4, 0.5) is 0 Å². The Bertz CT molecular complexity index is 858. The summed E-state index contributed by atoms with van der Waals surface area (Å²) in [6.45, 7) is 3.23. The second-order valence-electron chi connectivity index (χ2n) is 6.11. The molecule has 1 fully saturated rings. The van der Waals surface area contributed by atoms with Crippen LogP contribution in [0.2, 0.25) is 0 Å². The highest BCUT2D eigenvalue weighted by Gasteiger charge is 2.32. The molecule has 2 heterocycles. The number of aromatic nitrogens is 2. The van der Waals surface area contributed by atoms with Gasteiger partial charge in [-0.3, -0.25) is 4.68 Å². The highest BCUT2D eigenvalue weighted by Crippen LogP contribution is 2.30. The van der Waals surface area contributed by atoms with Crippen LogP contribution in [0.1, 0.15) is 41.6 Å². The zero-order chi connectivity index (χ0) is 18.0. The lowest BCUT2D eigenvalue weighted by atomic mass is 9.91. The van der Waals surface area contributed by atoms with Crippen LogP contribution in [-0.4, -0.2) is 46.7 Å². The largest absolute Gasteiger partial charge is 0.478 e. The summed E-state index contributed by atoms with van der Waals surface area (Å²) in [6, 6.07) is 8.22. The predicted molar refractivity (Wildman–Crippen MR) is 92.0 cm³/mol. The van der Waals surface area contributed by atoms with E-state index in [9.17, 15) is 13.2 Å². The van der Waals surface area contributed by atoms with E-state index in [1.54, 1.807) is 24.3 Å². The number of sulfonamides is 1. The summed E-state index contributed by atoms with van der Waals surface area (Å²) in [5.41, 5.74) is 1.20. The SMILES string of the molecule is CCn1nccc1S(=O)(=O)N1CCC[C@@H](c2ccc(C(=O)O)cc2)C1. The lowest BCUT2D eigenvalue weighted by Gasteiger charge is -2.32. The Labute approximate surface area is 146 Å². The fourth-order valence-electron chi connectivity index (χ4n) is 3.24. The van der Waals surface area contributed by atoms with Crippen molar-refractivity contribution < 1.29 is 18.3 Å². The van der Waals surface area contributed by atoms with Gasteiger partial charge < -0.3 is 5.11 Å². The Hall–Kier alpha value is -2.19. The summed E-state index contributed by atoms with van der Waals surface area (Å²) in [6.07, 6.45) is 3.15. The highest BCUT2D eigenvalue weighted by molar-refractivity contribution is 7.89. The monoisotopic (exact) mass is 363 g/mol. The van der Waals surface area contributed by atoms with E-state index in [4.69, 9.17) is 5.11 Å². The van der Waals surface area contributed by atoms with Gasteiger partial charge in [0.1, 0.15) is 0 Å². The molecule has 1 saturated heterocycles. The quantitative estimate of drug-likeness (QED) is 0.879. The minimum atomic E-state index is -3.58. The number of piperidine rings is 1. The maximum atomic E-state index is 12.9. The molecule has 1 aliphatic rings. The third-order valence-electron chi connectivity index (χ3n) is 4.59. The number of carboxylic acids is 1. The van der Waals surface area contributed by atoms with Gasteiger partial charge >= 0.3 is 5.97 Å². The second kappa shape index (κ2) is 6.97. The van der Waals surface area contributed by atoms with Crippen molar-refractivity contribution in [3.63, 3.8) is 0 Å². The molecule has 0 radical (unpaired) electrons. The molecule has 8 heteroatoms. The molecule has 0 unspecified atom stereocenters. The number of carbonyl (C=O) groups is 1. The number of aromatic carboxylic acids is 1. The number of hydrogen-bond acceptors (Lipinski definition) is 4. The smallest absolute Gasteiger partial charge is 0.335 e. The molecule has 25 heavy (non-hydrogen) atoms. The fraction of sp³-hybridized carbons (Fsp3) is 0.412. The van der Waals surface area contributed by atoms with E-state index in [0.29, 0.717) is 19.6 Å². The Morgan fingerprint density at radius 1 is 1.28 bits per heavy atom. The van der Waals surface area contributed by atoms with Crippen molar-refractivity contribution in [2.24, 2.45) is 0 Å². The molecule has 1 aliphatic heterocycles. The van der Waals surface area contributed by atoms with Crippen LogP contribution in [0.25, 0.3) is 0 Å². The number of nitrogens with zero attached hydrogens (tertiary/aromatic N) is 3. The highest BCUT2D eigenvalue weighted by atomic mass is 32.2. The summed E-state index contributed by atoms with van der Waals surface area (Å²) < 4.78 is 28.9. The molecular formula is C17H21N3O4S. The Morgan fingerprint density at radius 3 is 2.64 bits per heavy atom. The fourth-order valence-corrected chi connectivity index (χ4v) is 4.93. The molecule has 2 aromatic rings. The maximum absolute atomic E-state index is 12.9. The molecule has 0 saturated carbocycles. The first-order valence-corrected chi connectivity index (χ1v) is 9.72. The number of rotatable bonds is 5. The van der Waals surface area contributed by atoms with Gasteiger partial charge in [0.2, 0.25) is 0 Å². The van der Waals surface area contributed by atoms with Gasteiger partial charge in [-0.05, 0) is 49.4 Å². The minimum absolute atomic E-state index is 0.0596. The first-order valence-electron chi connectivity index (χ1n) is 8.28. The van der Waals surface area contributed by atoms with E-state index in [1.165, 1.54) is 21.3 Å². The van der Waals surface area contributed by atoms with Crippen LogP contribution in [0.3, 0.4) is 0 Å². The normalized spacial score (nSPS) is 19.0. The summed E-state index contributed by atoms with van der Waals surface area (Å²) in [4.78, 5) is 11.0. The standard InChI is InChI=1S/C17H21N3O4S/c1-2-20-16(9-10-18-20)25(23,24)19-11-3-4-15(12-19)13-5-7-14(8-6-13)17(21)22/h5-10,15H,2-4,11-12H2,1H3,(H,21,22)/t15-/m1/s1. The van der Waals surface area contributed by atoms with Crippen molar-refractivity contribution in [3.8, 4) is 0 Å². The summed E-state index contributed by atoms with van der Waals surface area (Å²) >= 11 is 0. The van der Waals surface area contributed by atoms with Crippen molar-refractivity contribution in [1.82, 2.24) is 14.1 Å².